The average molecular weight is 627 g/mol. The quantitative estimate of drug-likeness (QED) is 0.0847. The van der Waals surface area contributed by atoms with Crippen LogP contribution in [0, 0.1) is 46.5 Å². The second-order valence-electron chi connectivity index (χ2n) is 12.3. The van der Waals surface area contributed by atoms with Crippen LogP contribution in [0.3, 0.4) is 0 Å². The Kier molecular flexibility index (Phi) is 11.4. The van der Waals surface area contributed by atoms with Gasteiger partial charge in [-0.3, -0.25) is 29.2 Å². The van der Waals surface area contributed by atoms with Crippen molar-refractivity contribution in [3.63, 3.8) is 0 Å². The Morgan fingerprint density at radius 1 is 0.532 bits per heavy atom. The summed E-state index contributed by atoms with van der Waals surface area (Å²) < 4.78 is 0. The lowest BCUT2D eigenvalue weighted by molar-refractivity contribution is -0.118. The predicted octanol–water partition coefficient (Wildman–Crippen LogP) is 8.33. The van der Waals surface area contributed by atoms with Crippen molar-refractivity contribution in [2.75, 3.05) is 0 Å². The highest BCUT2D eigenvalue weighted by Gasteiger charge is 2.30. The minimum atomic E-state index is -1.10. The van der Waals surface area contributed by atoms with E-state index < -0.39 is 23.9 Å². The van der Waals surface area contributed by atoms with Crippen LogP contribution in [0.1, 0.15) is 85.6 Å². The number of carbonyl (C=O) groups is 4. The lowest BCUT2D eigenvalue weighted by Gasteiger charge is -2.23. The number of carbonyl (C=O) groups excluding carboxylic acids is 4. The monoisotopic (exact) mass is 626 g/mol. The Hall–Kier alpha value is -5.10. The number of aryl methyl sites for hydroxylation is 5. The SMILES string of the molecule is CC(=O)C(C=NC(c1ccccc1)C(N=CC(C(C)=O)C(=O)c1c(C)cc(C)cc1C)c1ccccc1)C(=O)c1ccc(C)cc1C. The van der Waals surface area contributed by atoms with Crippen LogP contribution < -0.4 is 0 Å². The van der Waals surface area contributed by atoms with Crippen LogP contribution in [-0.4, -0.2) is 35.6 Å². The molecule has 0 amide bonds. The number of Topliss-reactive ketones (excluding diaryl/α,β-unsaturated/α-hetero) is 4. The first-order chi connectivity index (χ1) is 22.4. The van der Waals surface area contributed by atoms with Gasteiger partial charge in [0.05, 0.1) is 0 Å². The fourth-order valence-corrected chi connectivity index (χ4v) is 6.05. The summed E-state index contributed by atoms with van der Waals surface area (Å²) in [5.74, 6) is -3.47. The van der Waals surface area contributed by atoms with Crippen molar-refractivity contribution in [3.8, 4) is 0 Å². The lowest BCUT2D eigenvalue weighted by Crippen LogP contribution is -2.26. The lowest BCUT2D eigenvalue weighted by atomic mass is 9.88. The van der Waals surface area contributed by atoms with Gasteiger partial charge in [-0.15, -0.1) is 0 Å². The van der Waals surface area contributed by atoms with Crippen LogP contribution in [0.25, 0.3) is 0 Å². The molecule has 0 aliphatic carbocycles. The summed E-state index contributed by atoms with van der Waals surface area (Å²) in [6.45, 7) is 12.3. The van der Waals surface area contributed by atoms with Gasteiger partial charge in [0.1, 0.15) is 35.5 Å². The molecular weight excluding hydrogens is 584 g/mol. The molecule has 240 valence electrons. The molecule has 0 aromatic heterocycles. The molecule has 6 nitrogen and oxygen atoms in total. The fourth-order valence-electron chi connectivity index (χ4n) is 6.05. The second-order valence-corrected chi connectivity index (χ2v) is 12.3. The largest absolute Gasteiger partial charge is 0.299 e. The van der Waals surface area contributed by atoms with Crippen LogP contribution >= 0.6 is 0 Å². The maximum absolute atomic E-state index is 13.9. The number of aliphatic imine (C=N–C) groups is 2. The summed E-state index contributed by atoms with van der Waals surface area (Å²) in [7, 11) is 0. The predicted molar refractivity (Wildman–Crippen MR) is 189 cm³/mol. The smallest absolute Gasteiger partial charge is 0.179 e. The molecule has 4 atom stereocenters. The fraction of sp³-hybridized carbons (Fsp3) is 0.268. The number of rotatable bonds is 13. The molecule has 4 aromatic carbocycles. The van der Waals surface area contributed by atoms with Crippen LogP contribution in [0.5, 0.6) is 0 Å². The highest BCUT2D eigenvalue weighted by molar-refractivity contribution is 6.21. The summed E-state index contributed by atoms with van der Waals surface area (Å²) in [4.78, 5) is 63.2. The van der Waals surface area contributed by atoms with Crippen LogP contribution in [0.15, 0.2) is 101 Å². The molecule has 0 spiro atoms. The van der Waals surface area contributed by atoms with Crippen molar-refractivity contribution in [1.29, 1.82) is 0 Å². The first-order valence-corrected chi connectivity index (χ1v) is 15.8. The number of benzene rings is 4. The molecule has 0 aliphatic heterocycles. The molecule has 0 bridgehead atoms. The Labute approximate surface area is 277 Å². The second kappa shape index (κ2) is 15.5. The minimum absolute atomic E-state index is 0.307. The number of nitrogens with zero attached hydrogens (tertiary/aromatic N) is 2. The van der Waals surface area contributed by atoms with E-state index >= 15 is 0 Å². The summed E-state index contributed by atoms with van der Waals surface area (Å²) >= 11 is 0. The van der Waals surface area contributed by atoms with Crippen LogP contribution in [0.4, 0.5) is 0 Å². The van der Waals surface area contributed by atoms with Gasteiger partial charge in [-0.25, -0.2) is 0 Å². The topological polar surface area (TPSA) is 93.0 Å². The van der Waals surface area contributed by atoms with Gasteiger partial charge in [-0.05, 0) is 76.3 Å². The number of hydrogen-bond acceptors (Lipinski definition) is 6. The third-order valence-electron chi connectivity index (χ3n) is 8.38. The summed E-state index contributed by atoms with van der Waals surface area (Å²) in [5, 5.41) is 0. The molecule has 0 heterocycles. The highest BCUT2D eigenvalue weighted by atomic mass is 16.2. The molecule has 47 heavy (non-hydrogen) atoms. The average Bonchev–Trinajstić information content (AvgIpc) is 3.01. The van der Waals surface area contributed by atoms with Gasteiger partial charge < -0.3 is 0 Å². The van der Waals surface area contributed by atoms with E-state index in [0.29, 0.717) is 11.1 Å². The standard InChI is InChI=1S/C41H42N2O4/c1-25-18-19-34(27(3)20-25)40(46)35(30(6)44)23-42-38(32-14-10-8-11-15-32)39(33-16-12-9-13-17-33)43-24-36(31(7)45)41(47)37-28(4)21-26(2)22-29(37)5/h8-24,35-36,38-39H,1-7H3. The zero-order chi connectivity index (χ0) is 34.2. The van der Waals surface area contributed by atoms with E-state index in [0.717, 1.165) is 38.9 Å². The molecule has 6 heteroatoms. The van der Waals surface area contributed by atoms with E-state index in [9.17, 15) is 19.2 Å². The Balaban J connectivity index is 1.82. The van der Waals surface area contributed by atoms with E-state index in [1.807, 2.05) is 120 Å². The van der Waals surface area contributed by atoms with E-state index in [2.05, 4.69) is 0 Å². The van der Waals surface area contributed by atoms with Crippen LogP contribution in [0.2, 0.25) is 0 Å². The van der Waals surface area contributed by atoms with Gasteiger partial charge >= 0.3 is 0 Å². The number of hydrogen-bond donors (Lipinski definition) is 0. The highest BCUT2D eigenvalue weighted by Crippen LogP contribution is 2.36. The summed E-state index contributed by atoms with van der Waals surface area (Å²) in [6, 6.07) is 27.0. The van der Waals surface area contributed by atoms with Crippen molar-refractivity contribution >= 4 is 35.6 Å². The van der Waals surface area contributed by atoms with E-state index in [1.54, 1.807) is 6.07 Å². The first kappa shape index (κ1) is 34.8. The molecule has 4 aromatic rings. The van der Waals surface area contributed by atoms with Crippen molar-refractivity contribution in [3.05, 3.63) is 141 Å². The summed E-state index contributed by atoms with van der Waals surface area (Å²) in [6.07, 6.45) is 2.87. The van der Waals surface area contributed by atoms with E-state index in [4.69, 9.17) is 9.98 Å². The van der Waals surface area contributed by atoms with Gasteiger partial charge in [-0.2, -0.15) is 0 Å². The normalized spacial score (nSPS) is 14.1. The van der Waals surface area contributed by atoms with Gasteiger partial charge in [0.2, 0.25) is 0 Å². The third kappa shape index (κ3) is 8.39. The van der Waals surface area contributed by atoms with Gasteiger partial charge in [0.25, 0.3) is 0 Å². The van der Waals surface area contributed by atoms with Gasteiger partial charge in [-0.1, -0.05) is 102 Å². The van der Waals surface area contributed by atoms with E-state index in [-0.39, 0.29) is 23.1 Å². The number of ketones is 4. The Morgan fingerprint density at radius 2 is 0.957 bits per heavy atom. The van der Waals surface area contributed by atoms with Crippen molar-refractivity contribution in [1.82, 2.24) is 0 Å². The molecule has 0 saturated carbocycles. The molecule has 0 fully saturated rings. The maximum Gasteiger partial charge on any atom is 0.179 e. The molecule has 4 unspecified atom stereocenters. The zero-order valence-corrected chi connectivity index (χ0v) is 28.2. The molecule has 4 rings (SSSR count). The molecule has 0 N–H and O–H groups in total. The van der Waals surface area contributed by atoms with Crippen LogP contribution in [-0.2, 0) is 9.59 Å². The van der Waals surface area contributed by atoms with Gasteiger partial charge in [0.15, 0.2) is 11.6 Å². The molecule has 0 aliphatic rings. The van der Waals surface area contributed by atoms with Crippen molar-refractivity contribution in [2.24, 2.45) is 21.8 Å². The van der Waals surface area contributed by atoms with Crippen molar-refractivity contribution in [2.45, 2.75) is 60.5 Å². The zero-order valence-electron chi connectivity index (χ0n) is 28.2. The van der Waals surface area contributed by atoms with Gasteiger partial charge in [0, 0.05) is 23.6 Å². The summed E-state index contributed by atoms with van der Waals surface area (Å²) in [5.41, 5.74) is 7.06. The maximum atomic E-state index is 13.9. The molecule has 0 radical (unpaired) electrons. The van der Waals surface area contributed by atoms with E-state index in [1.165, 1.54) is 26.3 Å². The Morgan fingerprint density at radius 3 is 1.38 bits per heavy atom. The molecular formula is C41H42N2O4. The first-order valence-electron chi connectivity index (χ1n) is 15.8. The third-order valence-corrected chi connectivity index (χ3v) is 8.38. The molecule has 0 saturated heterocycles. The Bertz CT molecular complexity index is 1820. The minimum Gasteiger partial charge on any atom is -0.299 e. The van der Waals surface area contributed by atoms with Crippen molar-refractivity contribution < 1.29 is 19.2 Å².